The van der Waals surface area contributed by atoms with Crippen LogP contribution in [0.25, 0.3) is 0 Å². The summed E-state index contributed by atoms with van der Waals surface area (Å²) in [5, 5.41) is 3.12. The normalized spacial score (nSPS) is 11.2. The van der Waals surface area contributed by atoms with E-state index in [4.69, 9.17) is 5.73 Å². The van der Waals surface area contributed by atoms with Crippen molar-refractivity contribution in [1.82, 2.24) is 4.72 Å². The number of aryl methyl sites for hydroxylation is 1. The highest BCUT2D eigenvalue weighted by molar-refractivity contribution is 7.88. The summed E-state index contributed by atoms with van der Waals surface area (Å²) in [5.74, 6) is -0.488. The molecule has 0 fully saturated rings. The van der Waals surface area contributed by atoms with Gasteiger partial charge in [-0.2, -0.15) is 0 Å². The van der Waals surface area contributed by atoms with E-state index in [2.05, 4.69) is 14.8 Å². The van der Waals surface area contributed by atoms with Crippen LogP contribution in [-0.4, -0.2) is 40.8 Å². The molecule has 0 saturated heterocycles. The second kappa shape index (κ2) is 7.28. The molecule has 118 valence electrons. The molecule has 0 aliphatic heterocycles. The number of nitrogens with two attached hydrogens (primary N) is 1. The highest BCUT2D eigenvalue weighted by atomic mass is 32.2. The molecule has 0 aliphatic rings. The monoisotopic (exact) mass is 315 g/mol. The third kappa shape index (κ3) is 5.60. The number of benzene rings is 1. The number of hydrogen-bond acceptors (Lipinski definition) is 6. The molecule has 0 aliphatic carbocycles. The van der Waals surface area contributed by atoms with Crippen LogP contribution in [0.3, 0.4) is 0 Å². The fourth-order valence-electron chi connectivity index (χ4n) is 1.76. The Morgan fingerprint density at radius 1 is 1.33 bits per heavy atom. The van der Waals surface area contributed by atoms with Crippen molar-refractivity contribution < 1.29 is 17.9 Å². The van der Waals surface area contributed by atoms with E-state index in [9.17, 15) is 13.2 Å². The summed E-state index contributed by atoms with van der Waals surface area (Å²) in [5.41, 5.74) is 8.07. The Hall–Kier alpha value is -1.80. The summed E-state index contributed by atoms with van der Waals surface area (Å²) in [4.78, 5) is 11.6. The highest BCUT2D eigenvalue weighted by Crippen LogP contribution is 2.23. The van der Waals surface area contributed by atoms with E-state index < -0.39 is 16.0 Å². The van der Waals surface area contributed by atoms with Crippen LogP contribution in [0.5, 0.6) is 0 Å². The maximum Gasteiger partial charge on any atom is 0.340 e. The minimum atomic E-state index is -3.16. The summed E-state index contributed by atoms with van der Waals surface area (Å²) >= 11 is 0. The number of methoxy groups -OCH3 is 1. The van der Waals surface area contributed by atoms with Crippen molar-refractivity contribution in [2.45, 2.75) is 13.3 Å². The van der Waals surface area contributed by atoms with E-state index in [0.717, 1.165) is 17.5 Å². The lowest BCUT2D eigenvalue weighted by molar-refractivity contribution is 0.0602. The fourth-order valence-corrected chi connectivity index (χ4v) is 2.27. The first-order valence-corrected chi connectivity index (χ1v) is 8.30. The smallest absolute Gasteiger partial charge is 0.340 e. The minimum Gasteiger partial charge on any atom is -0.465 e. The predicted octanol–water partition coefficient (Wildman–Crippen LogP) is 0.715. The topological polar surface area (TPSA) is 111 Å². The quantitative estimate of drug-likeness (QED) is 0.388. The first-order chi connectivity index (χ1) is 9.74. The molecule has 0 unspecified atom stereocenters. The first kappa shape index (κ1) is 17.3. The third-order valence-electron chi connectivity index (χ3n) is 2.84. The van der Waals surface area contributed by atoms with Crippen molar-refractivity contribution >= 4 is 27.4 Å². The van der Waals surface area contributed by atoms with Crippen molar-refractivity contribution in [1.29, 1.82) is 0 Å². The number of esters is 1. The number of hydrogen-bond donors (Lipinski definition) is 3. The molecule has 0 saturated carbocycles. The van der Waals surface area contributed by atoms with Gasteiger partial charge in [0.05, 0.1) is 18.9 Å². The van der Waals surface area contributed by atoms with E-state index in [1.54, 1.807) is 13.0 Å². The number of nitrogen functional groups attached to an aromatic ring is 1. The Morgan fingerprint density at radius 3 is 2.57 bits per heavy atom. The molecule has 0 radical (unpaired) electrons. The zero-order chi connectivity index (χ0) is 16.0. The van der Waals surface area contributed by atoms with Gasteiger partial charge in [-0.3, -0.25) is 0 Å². The van der Waals surface area contributed by atoms with Gasteiger partial charge in [-0.1, -0.05) is 0 Å². The molecule has 21 heavy (non-hydrogen) atoms. The van der Waals surface area contributed by atoms with Crippen LogP contribution >= 0.6 is 0 Å². The van der Waals surface area contributed by atoms with Gasteiger partial charge < -0.3 is 15.8 Å². The van der Waals surface area contributed by atoms with Crippen LogP contribution in [0.4, 0.5) is 11.4 Å². The molecule has 0 aromatic heterocycles. The van der Waals surface area contributed by atoms with Crippen LogP contribution in [0.1, 0.15) is 22.3 Å². The lowest BCUT2D eigenvalue weighted by atomic mass is 10.1. The van der Waals surface area contributed by atoms with Crippen LogP contribution < -0.4 is 15.8 Å². The number of carbonyl (C=O) groups excluding carboxylic acids is 1. The van der Waals surface area contributed by atoms with Gasteiger partial charge in [-0.05, 0) is 31.0 Å². The van der Waals surface area contributed by atoms with E-state index in [1.165, 1.54) is 7.11 Å². The molecule has 0 heterocycles. The zero-order valence-electron chi connectivity index (χ0n) is 12.4. The second-order valence-electron chi connectivity index (χ2n) is 4.69. The SMILES string of the molecule is COC(=O)c1cc(NCCCNS(C)(=O)=O)cc(C)c1N. The molecule has 0 atom stereocenters. The van der Waals surface area contributed by atoms with Crippen molar-refractivity contribution in [3.63, 3.8) is 0 Å². The zero-order valence-corrected chi connectivity index (χ0v) is 13.2. The van der Waals surface area contributed by atoms with Crippen LogP contribution in [0, 0.1) is 6.92 Å². The second-order valence-corrected chi connectivity index (χ2v) is 6.53. The van der Waals surface area contributed by atoms with Gasteiger partial charge in [-0.25, -0.2) is 17.9 Å². The summed E-state index contributed by atoms with van der Waals surface area (Å²) in [6.45, 7) is 2.72. The van der Waals surface area contributed by atoms with Crippen molar-refractivity contribution in [2.75, 3.05) is 37.5 Å². The Kier molecular flexibility index (Phi) is 5.98. The molecule has 4 N–H and O–H groups in total. The lowest BCUT2D eigenvalue weighted by Crippen LogP contribution is -2.24. The molecule has 0 spiro atoms. The van der Waals surface area contributed by atoms with Gasteiger partial charge in [-0.15, -0.1) is 0 Å². The van der Waals surface area contributed by atoms with Crippen LogP contribution in [0.2, 0.25) is 0 Å². The number of anilines is 2. The maximum atomic E-state index is 11.6. The molecule has 1 rings (SSSR count). The molecule has 8 heteroatoms. The largest absolute Gasteiger partial charge is 0.465 e. The molecule has 0 amide bonds. The summed E-state index contributed by atoms with van der Waals surface area (Å²) in [6, 6.07) is 3.45. The van der Waals surface area contributed by atoms with Crippen molar-refractivity contribution in [2.24, 2.45) is 0 Å². The summed E-state index contributed by atoms with van der Waals surface area (Å²) in [7, 11) is -1.86. The van der Waals surface area contributed by atoms with E-state index >= 15 is 0 Å². The van der Waals surface area contributed by atoms with E-state index in [-0.39, 0.29) is 0 Å². The minimum absolute atomic E-state index is 0.314. The Balaban J connectivity index is 2.64. The van der Waals surface area contributed by atoms with E-state index in [1.807, 2.05) is 6.07 Å². The average Bonchev–Trinajstić information content (AvgIpc) is 2.40. The molecular formula is C13H21N3O4S. The average molecular weight is 315 g/mol. The Bertz CT molecular complexity index is 614. The number of ether oxygens (including phenoxy) is 1. The van der Waals surface area contributed by atoms with Crippen molar-refractivity contribution in [3.05, 3.63) is 23.3 Å². The number of rotatable bonds is 7. The molecule has 1 aromatic rings. The highest BCUT2D eigenvalue weighted by Gasteiger charge is 2.13. The van der Waals surface area contributed by atoms with Gasteiger partial charge in [0, 0.05) is 24.5 Å². The van der Waals surface area contributed by atoms with Gasteiger partial charge in [0.25, 0.3) is 0 Å². The standard InChI is InChI=1S/C13H21N3O4S/c1-9-7-10(8-11(12(9)14)13(17)20-2)15-5-4-6-16-21(3,18)19/h7-8,15-16H,4-6,14H2,1-3H3. The number of nitrogens with one attached hydrogen (secondary N) is 2. The number of sulfonamides is 1. The van der Waals surface area contributed by atoms with Crippen molar-refractivity contribution in [3.8, 4) is 0 Å². The fraction of sp³-hybridized carbons (Fsp3) is 0.462. The van der Waals surface area contributed by atoms with Crippen LogP contribution in [0.15, 0.2) is 12.1 Å². The Morgan fingerprint density at radius 2 is 2.00 bits per heavy atom. The molecular weight excluding hydrogens is 294 g/mol. The first-order valence-electron chi connectivity index (χ1n) is 6.41. The summed E-state index contributed by atoms with van der Waals surface area (Å²) < 4.78 is 28.9. The summed E-state index contributed by atoms with van der Waals surface area (Å²) in [6.07, 6.45) is 1.73. The molecule has 0 bridgehead atoms. The Labute approximate surface area is 124 Å². The van der Waals surface area contributed by atoms with Gasteiger partial charge in [0.2, 0.25) is 10.0 Å². The number of carbonyl (C=O) groups is 1. The van der Waals surface area contributed by atoms with E-state index in [0.29, 0.717) is 30.8 Å². The predicted molar refractivity (Wildman–Crippen MR) is 82.9 cm³/mol. The maximum absolute atomic E-state index is 11.6. The van der Waals surface area contributed by atoms with Crippen LogP contribution in [-0.2, 0) is 14.8 Å². The third-order valence-corrected chi connectivity index (χ3v) is 3.57. The lowest BCUT2D eigenvalue weighted by Gasteiger charge is -2.12. The van der Waals surface area contributed by atoms with Gasteiger partial charge in [0.15, 0.2) is 0 Å². The molecule has 1 aromatic carbocycles. The van der Waals surface area contributed by atoms with Gasteiger partial charge >= 0.3 is 5.97 Å². The van der Waals surface area contributed by atoms with Gasteiger partial charge in [0.1, 0.15) is 0 Å². The molecule has 7 nitrogen and oxygen atoms in total.